The highest BCUT2D eigenvalue weighted by molar-refractivity contribution is 5.46. The van der Waals surface area contributed by atoms with Gasteiger partial charge < -0.3 is 5.32 Å². The van der Waals surface area contributed by atoms with Crippen molar-refractivity contribution in [1.29, 1.82) is 0 Å². The third-order valence-electron chi connectivity index (χ3n) is 1.57. The topological polar surface area (TPSA) is 12.0 Å². The first kappa shape index (κ1) is 9.04. The Morgan fingerprint density at radius 2 is 2.00 bits per heavy atom. The molecule has 1 nitrogen and oxygen atoms in total. The quantitative estimate of drug-likeness (QED) is 0.714. The fourth-order valence-electron chi connectivity index (χ4n) is 1.05. The smallest absolute Gasteiger partial charge is 0.146 e. The fourth-order valence-corrected chi connectivity index (χ4v) is 1.05. The number of hydrogen-bond acceptors (Lipinski definition) is 1. The average Bonchev–Trinajstić information content (AvgIpc) is 1.94. The van der Waals surface area contributed by atoms with Gasteiger partial charge in [0.1, 0.15) is 5.82 Å². The summed E-state index contributed by atoms with van der Waals surface area (Å²) in [6.07, 6.45) is 0. The van der Waals surface area contributed by atoms with Crippen molar-refractivity contribution in [2.24, 2.45) is 0 Å². The minimum atomic E-state index is -0.177. The first-order chi connectivity index (χ1) is 5.59. The Morgan fingerprint density at radius 1 is 1.33 bits per heavy atom. The van der Waals surface area contributed by atoms with Crippen LogP contribution in [0.2, 0.25) is 0 Å². The first-order valence-corrected chi connectivity index (χ1v) is 4.12. The molecule has 0 saturated heterocycles. The second-order valence-electron chi connectivity index (χ2n) is 3.28. The van der Waals surface area contributed by atoms with Crippen molar-refractivity contribution in [3.8, 4) is 0 Å². The van der Waals surface area contributed by atoms with Crippen molar-refractivity contribution in [1.82, 2.24) is 0 Å². The number of halogens is 1. The lowest BCUT2D eigenvalue weighted by Gasteiger charge is -2.10. The Kier molecular flexibility index (Phi) is 2.69. The number of hydrogen-bond donors (Lipinski definition) is 1. The van der Waals surface area contributed by atoms with Gasteiger partial charge in [-0.3, -0.25) is 0 Å². The number of nitrogens with one attached hydrogen (secondary N) is 1. The molecule has 1 rings (SSSR count). The first-order valence-electron chi connectivity index (χ1n) is 4.12. The van der Waals surface area contributed by atoms with Crippen LogP contribution in [-0.2, 0) is 0 Å². The van der Waals surface area contributed by atoms with E-state index in [9.17, 15) is 4.39 Å². The van der Waals surface area contributed by atoms with Crippen LogP contribution in [0.25, 0.3) is 0 Å². The third kappa shape index (κ3) is 2.22. The zero-order chi connectivity index (χ0) is 9.14. The zero-order valence-electron chi connectivity index (χ0n) is 7.69. The van der Waals surface area contributed by atoms with Gasteiger partial charge in [0.25, 0.3) is 0 Å². The van der Waals surface area contributed by atoms with E-state index < -0.39 is 0 Å². The van der Waals surface area contributed by atoms with Crippen molar-refractivity contribution in [2.45, 2.75) is 26.8 Å². The van der Waals surface area contributed by atoms with Crippen LogP contribution in [0.3, 0.4) is 0 Å². The Balaban J connectivity index is 2.86. The molecule has 1 aromatic carbocycles. The molecule has 0 aliphatic rings. The molecule has 1 N–H and O–H groups in total. The SMILES string of the molecule is Cc1ccc(NC(C)C)c(F)c1. The Labute approximate surface area is 72.6 Å². The van der Waals surface area contributed by atoms with Crippen LogP contribution < -0.4 is 5.32 Å². The summed E-state index contributed by atoms with van der Waals surface area (Å²) in [5, 5.41) is 3.03. The molecule has 2 heteroatoms. The van der Waals surface area contributed by atoms with Gasteiger partial charge in [-0.05, 0) is 38.5 Å². The van der Waals surface area contributed by atoms with Gasteiger partial charge in [0.15, 0.2) is 0 Å². The molecule has 0 unspecified atom stereocenters. The zero-order valence-corrected chi connectivity index (χ0v) is 7.69. The lowest BCUT2D eigenvalue weighted by atomic mass is 10.2. The van der Waals surface area contributed by atoms with E-state index in [1.54, 1.807) is 6.07 Å². The lowest BCUT2D eigenvalue weighted by molar-refractivity contribution is 0.627. The van der Waals surface area contributed by atoms with E-state index in [0.29, 0.717) is 5.69 Å². The summed E-state index contributed by atoms with van der Waals surface area (Å²) < 4.78 is 13.1. The van der Waals surface area contributed by atoms with E-state index >= 15 is 0 Å². The highest BCUT2D eigenvalue weighted by atomic mass is 19.1. The molecule has 0 amide bonds. The number of benzene rings is 1. The minimum absolute atomic E-state index is 0.177. The van der Waals surface area contributed by atoms with Gasteiger partial charge >= 0.3 is 0 Å². The van der Waals surface area contributed by atoms with Crippen LogP contribution >= 0.6 is 0 Å². The maximum atomic E-state index is 13.1. The summed E-state index contributed by atoms with van der Waals surface area (Å²) in [5.74, 6) is -0.177. The normalized spacial score (nSPS) is 10.4. The third-order valence-corrected chi connectivity index (χ3v) is 1.57. The number of anilines is 1. The molecule has 0 aromatic heterocycles. The summed E-state index contributed by atoms with van der Waals surface area (Å²) in [7, 11) is 0. The molecule has 0 aliphatic carbocycles. The van der Waals surface area contributed by atoms with E-state index in [-0.39, 0.29) is 11.9 Å². The molecule has 1 aromatic rings. The highest BCUT2D eigenvalue weighted by Gasteiger charge is 2.01. The van der Waals surface area contributed by atoms with Crippen LogP contribution in [0.1, 0.15) is 19.4 Å². The van der Waals surface area contributed by atoms with Crippen LogP contribution in [0.15, 0.2) is 18.2 Å². The maximum Gasteiger partial charge on any atom is 0.146 e. The summed E-state index contributed by atoms with van der Waals surface area (Å²) in [4.78, 5) is 0. The van der Waals surface area contributed by atoms with Crippen molar-refractivity contribution in [3.05, 3.63) is 29.6 Å². The van der Waals surface area contributed by atoms with E-state index in [1.165, 1.54) is 6.07 Å². The predicted molar refractivity (Wildman–Crippen MR) is 49.9 cm³/mol. The average molecular weight is 167 g/mol. The molecule has 0 fully saturated rings. The van der Waals surface area contributed by atoms with Gasteiger partial charge in [-0.1, -0.05) is 6.07 Å². The van der Waals surface area contributed by atoms with E-state index in [4.69, 9.17) is 0 Å². The van der Waals surface area contributed by atoms with Crippen molar-refractivity contribution in [2.75, 3.05) is 5.32 Å². The lowest BCUT2D eigenvalue weighted by Crippen LogP contribution is -2.10. The van der Waals surface area contributed by atoms with E-state index in [2.05, 4.69) is 5.32 Å². The van der Waals surface area contributed by atoms with Crippen LogP contribution in [-0.4, -0.2) is 6.04 Å². The Hall–Kier alpha value is -1.05. The molecule has 0 spiro atoms. The second-order valence-corrected chi connectivity index (χ2v) is 3.28. The van der Waals surface area contributed by atoms with Gasteiger partial charge in [-0.2, -0.15) is 0 Å². The van der Waals surface area contributed by atoms with E-state index in [1.807, 2.05) is 26.8 Å². The summed E-state index contributed by atoms with van der Waals surface area (Å²) in [6.45, 7) is 5.85. The number of rotatable bonds is 2. The van der Waals surface area contributed by atoms with Crippen LogP contribution in [0.4, 0.5) is 10.1 Å². The molecular weight excluding hydrogens is 153 g/mol. The molecular formula is C10H14FN. The predicted octanol–water partition coefficient (Wildman–Crippen LogP) is 2.95. The monoisotopic (exact) mass is 167 g/mol. The van der Waals surface area contributed by atoms with Gasteiger partial charge in [0, 0.05) is 6.04 Å². The summed E-state index contributed by atoms with van der Waals surface area (Å²) in [6, 6.07) is 5.46. The Morgan fingerprint density at radius 3 is 2.50 bits per heavy atom. The molecule has 12 heavy (non-hydrogen) atoms. The van der Waals surface area contributed by atoms with Gasteiger partial charge in [-0.25, -0.2) is 4.39 Å². The summed E-state index contributed by atoms with van der Waals surface area (Å²) in [5.41, 5.74) is 1.53. The van der Waals surface area contributed by atoms with Crippen LogP contribution in [0, 0.1) is 12.7 Å². The van der Waals surface area contributed by atoms with E-state index in [0.717, 1.165) is 5.56 Å². The number of aryl methyl sites for hydroxylation is 1. The molecule has 0 saturated carbocycles. The van der Waals surface area contributed by atoms with Crippen molar-refractivity contribution < 1.29 is 4.39 Å². The van der Waals surface area contributed by atoms with Crippen molar-refractivity contribution >= 4 is 5.69 Å². The standard InChI is InChI=1S/C10H14FN/c1-7(2)12-10-5-4-8(3)6-9(10)11/h4-7,12H,1-3H3. The maximum absolute atomic E-state index is 13.1. The fraction of sp³-hybridized carbons (Fsp3) is 0.400. The largest absolute Gasteiger partial charge is 0.381 e. The van der Waals surface area contributed by atoms with Gasteiger partial charge in [-0.15, -0.1) is 0 Å². The molecule has 0 bridgehead atoms. The Bertz CT molecular complexity index is 269. The molecule has 0 heterocycles. The molecule has 0 radical (unpaired) electrons. The molecule has 0 atom stereocenters. The molecule has 66 valence electrons. The molecule has 0 aliphatic heterocycles. The summed E-state index contributed by atoms with van der Waals surface area (Å²) >= 11 is 0. The minimum Gasteiger partial charge on any atom is -0.381 e. The highest BCUT2D eigenvalue weighted by Crippen LogP contribution is 2.15. The second kappa shape index (κ2) is 3.57. The van der Waals surface area contributed by atoms with Crippen LogP contribution in [0.5, 0.6) is 0 Å². The van der Waals surface area contributed by atoms with Gasteiger partial charge in [0.05, 0.1) is 5.69 Å². The van der Waals surface area contributed by atoms with Crippen molar-refractivity contribution in [3.63, 3.8) is 0 Å². The van der Waals surface area contributed by atoms with Gasteiger partial charge in [0.2, 0.25) is 0 Å².